The Bertz CT molecular complexity index is 662. The Morgan fingerprint density at radius 3 is 2.17 bits per heavy atom. The van der Waals surface area contributed by atoms with Crippen LogP contribution < -0.4 is 5.32 Å². The van der Waals surface area contributed by atoms with Crippen LogP contribution in [0.15, 0.2) is 36.5 Å². The fourth-order valence-electron chi connectivity index (χ4n) is 2.02. The first-order valence-corrected chi connectivity index (χ1v) is 6.83. The summed E-state index contributed by atoms with van der Waals surface area (Å²) in [4.78, 5) is 60.5. The molecule has 2 aliphatic heterocycles. The summed E-state index contributed by atoms with van der Waals surface area (Å²) in [7, 11) is 1.14. The third kappa shape index (κ3) is 2.83. The Hall–Kier alpha value is -3.03. The van der Waals surface area contributed by atoms with Crippen molar-refractivity contribution in [3.05, 3.63) is 36.5 Å². The molecule has 0 aliphatic carbocycles. The predicted molar refractivity (Wildman–Crippen MR) is 80.7 cm³/mol. The Labute approximate surface area is 133 Å². The van der Waals surface area contributed by atoms with Crippen LogP contribution in [0.4, 0.5) is 4.79 Å². The molecule has 0 aromatic rings. The maximum absolute atomic E-state index is 12.2. The Morgan fingerprint density at radius 2 is 1.65 bits per heavy atom. The van der Waals surface area contributed by atoms with Crippen molar-refractivity contribution in [3.8, 4) is 0 Å². The number of hydrogen-bond donors (Lipinski definition) is 1. The summed E-state index contributed by atoms with van der Waals surface area (Å²) in [5, 5.41) is 1.90. The van der Waals surface area contributed by atoms with Gasteiger partial charge in [-0.3, -0.25) is 34.3 Å². The molecule has 2 rings (SSSR count). The molecule has 2 saturated heterocycles. The standard InChI is InChI=1S/C13H11N3O5.C2H6/c1-4-5-7-6(2)10(18)16(11(7)19)8-9(17)14-13(21)15(3)12(8)20;1-2/h4-5,8H,1-2H2,3H3,(H,14,17,21);1-2H3/b7-5+;. The molecule has 2 heterocycles. The van der Waals surface area contributed by atoms with Crippen molar-refractivity contribution in [1.29, 1.82) is 0 Å². The van der Waals surface area contributed by atoms with Gasteiger partial charge in [0.1, 0.15) is 0 Å². The second-order valence-corrected chi connectivity index (χ2v) is 4.37. The van der Waals surface area contributed by atoms with E-state index < -0.39 is 35.7 Å². The molecule has 0 radical (unpaired) electrons. The van der Waals surface area contributed by atoms with E-state index >= 15 is 0 Å². The monoisotopic (exact) mass is 319 g/mol. The van der Waals surface area contributed by atoms with Crippen LogP contribution in [0, 0.1) is 0 Å². The lowest BCUT2D eigenvalue weighted by atomic mass is 10.1. The molecule has 23 heavy (non-hydrogen) atoms. The van der Waals surface area contributed by atoms with Crippen LogP contribution in [-0.2, 0) is 19.2 Å². The lowest BCUT2D eigenvalue weighted by molar-refractivity contribution is -0.154. The number of likely N-dealkylation sites (N-methyl/N-ethyl adjacent to an activating group) is 1. The Kier molecular flexibility index (Phi) is 5.34. The number of carbonyl (C=O) groups is 5. The van der Waals surface area contributed by atoms with Crippen LogP contribution in [0.3, 0.4) is 0 Å². The number of rotatable bonds is 2. The summed E-state index contributed by atoms with van der Waals surface area (Å²) in [5.41, 5.74) is -0.185. The summed E-state index contributed by atoms with van der Waals surface area (Å²) in [6.07, 6.45) is 2.55. The second kappa shape index (κ2) is 6.82. The number of barbiturate groups is 1. The third-order valence-electron chi connectivity index (χ3n) is 3.14. The van der Waals surface area contributed by atoms with Gasteiger partial charge in [-0.2, -0.15) is 0 Å². The minimum Gasteiger partial charge on any atom is -0.275 e. The van der Waals surface area contributed by atoms with E-state index in [2.05, 4.69) is 13.2 Å². The van der Waals surface area contributed by atoms with Crippen molar-refractivity contribution >= 4 is 29.7 Å². The molecule has 6 amide bonds. The number of carbonyl (C=O) groups excluding carboxylic acids is 5. The normalized spacial score (nSPS) is 23.1. The van der Waals surface area contributed by atoms with E-state index in [4.69, 9.17) is 0 Å². The van der Waals surface area contributed by atoms with E-state index in [1.807, 2.05) is 19.2 Å². The molecule has 0 aromatic carbocycles. The van der Waals surface area contributed by atoms with Gasteiger partial charge in [0, 0.05) is 12.6 Å². The van der Waals surface area contributed by atoms with Crippen molar-refractivity contribution < 1.29 is 24.0 Å². The number of likely N-dealkylation sites (tertiary alicyclic amines) is 1. The van der Waals surface area contributed by atoms with E-state index in [1.54, 1.807) is 0 Å². The van der Waals surface area contributed by atoms with Gasteiger partial charge in [0.25, 0.3) is 23.6 Å². The maximum Gasteiger partial charge on any atom is 0.330 e. The van der Waals surface area contributed by atoms with Gasteiger partial charge in [-0.25, -0.2) is 4.79 Å². The molecule has 8 heteroatoms. The number of allylic oxidation sites excluding steroid dienone is 2. The average molecular weight is 319 g/mol. The highest BCUT2D eigenvalue weighted by Gasteiger charge is 2.51. The lowest BCUT2D eigenvalue weighted by Crippen LogP contribution is -2.65. The van der Waals surface area contributed by atoms with Gasteiger partial charge in [0.2, 0.25) is 0 Å². The largest absolute Gasteiger partial charge is 0.330 e. The first kappa shape index (κ1) is 18.0. The van der Waals surface area contributed by atoms with E-state index in [9.17, 15) is 24.0 Å². The van der Waals surface area contributed by atoms with Crippen molar-refractivity contribution in [2.75, 3.05) is 7.05 Å². The van der Waals surface area contributed by atoms with E-state index in [0.717, 1.165) is 7.05 Å². The van der Waals surface area contributed by atoms with Crippen molar-refractivity contribution in [2.45, 2.75) is 19.9 Å². The number of urea groups is 1. The fraction of sp³-hybridized carbons (Fsp3) is 0.267. The predicted octanol–water partition coefficient (Wildman–Crippen LogP) is 0.127. The van der Waals surface area contributed by atoms with E-state index in [0.29, 0.717) is 9.80 Å². The molecule has 1 atom stereocenters. The highest BCUT2D eigenvalue weighted by atomic mass is 16.2. The number of imide groups is 3. The van der Waals surface area contributed by atoms with Crippen LogP contribution in [0.1, 0.15) is 13.8 Å². The van der Waals surface area contributed by atoms with Crippen molar-refractivity contribution in [2.24, 2.45) is 0 Å². The molecule has 0 spiro atoms. The fourth-order valence-corrected chi connectivity index (χ4v) is 2.02. The van der Waals surface area contributed by atoms with Crippen LogP contribution in [0.25, 0.3) is 0 Å². The van der Waals surface area contributed by atoms with Crippen LogP contribution in [0.2, 0.25) is 0 Å². The third-order valence-corrected chi connectivity index (χ3v) is 3.14. The molecule has 122 valence electrons. The topological polar surface area (TPSA) is 104 Å². The summed E-state index contributed by atoms with van der Waals surface area (Å²) >= 11 is 0. The quantitative estimate of drug-likeness (QED) is 0.442. The zero-order valence-corrected chi connectivity index (χ0v) is 13.1. The number of nitrogens with one attached hydrogen (secondary N) is 1. The van der Waals surface area contributed by atoms with Gasteiger partial charge in [0.05, 0.1) is 5.57 Å². The van der Waals surface area contributed by atoms with E-state index in [-0.39, 0.29) is 11.1 Å². The summed E-state index contributed by atoms with van der Waals surface area (Å²) in [5.74, 6) is -3.68. The molecular formula is C15H17N3O5. The maximum atomic E-state index is 12.2. The molecule has 0 bridgehead atoms. The molecule has 0 saturated carbocycles. The first-order valence-electron chi connectivity index (χ1n) is 6.83. The Morgan fingerprint density at radius 1 is 1.09 bits per heavy atom. The summed E-state index contributed by atoms with van der Waals surface area (Å²) < 4.78 is 0. The van der Waals surface area contributed by atoms with Gasteiger partial charge in [-0.05, 0) is 6.08 Å². The summed E-state index contributed by atoms with van der Waals surface area (Å²) in [6, 6.07) is -2.64. The highest BCUT2D eigenvalue weighted by molar-refractivity contribution is 6.30. The van der Waals surface area contributed by atoms with Gasteiger partial charge >= 0.3 is 6.03 Å². The SMILES string of the molecule is C=C/C=C1\C(=C)C(=O)N(C2C(=O)NC(=O)N(C)C2=O)C1=O.CC. The summed E-state index contributed by atoms with van der Waals surface area (Å²) in [6.45, 7) is 10.9. The van der Waals surface area contributed by atoms with Gasteiger partial charge in [-0.1, -0.05) is 33.1 Å². The lowest BCUT2D eigenvalue weighted by Gasteiger charge is -2.31. The van der Waals surface area contributed by atoms with Gasteiger partial charge in [-0.15, -0.1) is 0 Å². The first-order chi connectivity index (χ1) is 10.8. The minimum absolute atomic E-state index is 0.0462. The van der Waals surface area contributed by atoms with Crippen LogP contribution >= 0.6 is 0 Å². The molecule has 1 unspecified atom stereocenters. The van der Waals surface area contributed by atoms with Crippen LogP contribution in [0.5, 0.6) is 0 Å². The molecule has 2 fully saturated rings. The molecular weight excluding hydrogens is 302 g/mol. The van der Waals surface area contributed by atoms with Gasteiger partial charge in [0.15, 0.2) is 6.04 Å². The van der Waals surface area contributed by atoms with Crippen molar-refractivity contribution in [3.63, 3.8) is 0 Å². The zero-order chi connectivity index (χ0) is 17.9. The highest BCUT2D eigenvalue weighted by Crippen LogP contribution is 2.27. The average Bonchev–Trinajstić information content (AvgIpc) is 2.73. The smallest absolute Gasteiger partial charge is 0.275 e. The molecule has 2 aliphatic rings. The molecule has 8 nitrogen and oxygen atoms in total. The Balaban J connectivity index is 0.00000127. The number of hydrogen-bond acceptors (Lipinski definition) is 5. The second-order valence-electron chi connectivity index (χ2n) is 4.37. The zero-order valence-electron chi connectivity index (χ0n) is 13.1. The number of amides is 6. The van der Waals surface area contributed by atoms with E-state index in [1.165, 1.54) is 12.2 Å². The molecule has 1 N–H and O–H groups in total. The van der Waals surface area contributed by atoms with Crippen LogP contribution in [-0.4, -0.2) is 52.5 Å². The molecule has 0 aromatic heterocycles. The van der Waals surface area contributed by atoms with Crippen molar-refractivity contribution in [1.82, 2.24) is 15.1 Å². The minimum atomic E-state index is -1.72. The van der Waals surface area contributed by atoms with Gasteiger partial charge < -0.3 is 0 Å². The number of nitrogens with zero attached hydrogens (tertiary/aromatic N) is 2.